The largest absolute Gasteiger partial charge is 0.391 e. The van der Waals surface area contributed by atoms with Gasteiger partial charge in [-0.3, -0.25) is 0 Å². The van der Waals surface area contributed by atoms with Crippen LogP contribution in [0, 0.1) is 5.82 Å². The summed E-state index contributed by atoms with van der Waals surface area (Å²) < 4.78 is 13.5. The summed E-state index contributed by atoms with van der Waals surface area (Å²) in [6.07, 6.45) is 0. The van der Waals surface area contributed by atoms with Crippen LogP contribution in [-0.4, -0.2) is 12.2 Å². The molecule has 17 heavy (non-hydrogen) atoms. The van der Waals surface area contributed by atoms with Crippen molar-refractivity contribution in [3.8, 4) is 0 Å². The Kier molecular flexibility index (Phi) is 3.40. The summed E-state index contributed by atoms with van der Waals surface area (Å²) in [4.78, 5) is 1.86. The summed E-state index contributed by atoms with van der Waals surface area (Å²) in [7, 11) is 1.85. The lowest BCUT2D eigenvalue weighted by Crippen LogP contribution is -2.12. The molecule has 1 N–H and O–H groups in total. The molecule has 2 aromatic carbocycles. The van der Waals surface area contributed by atoms with E-state index in [1.807, 2.05) is 42.3 Å². The maximum Gasteiger partial charge on any atom is 0.130 e. The highest BCUT2D eigenvalue weighted by Crippen LogP contribution is 2.28. The van der Waals surface area contributed by atoms with E-state index in [4.69, 9.17) is 0 Å². The fourth-order valence-electron chi connectivity index (χ4n) is 1.81. The van der Waals surface area contributed by atoms with Gasteiger partial charge in [0.2, 0.25) is 0 Å². The van der Waals surface area contributed by atoms with Gasteiger partial charge in [0.05, 0.1) is 6.61 Å². The molecule has 0 unspecified atom stereocenters. The molecule has 0 heterocycles. The molecule has 2 nitrogen and oxygen atoms in total. The highest BCUT2D eigenvalue weighted by Gasteiger charge is 2.11. The predicted molar refractivity (Wildman–Crippen MR) is 66.8 cm³/mol. The molecular weight excluding hydrogens is 217 g/mol. The second-order valence-corrected chi connectivity index (χ2v) is 3.79. The molecule has 0 aliphatic heterocycles. The number of halogens is 1. The van der Waals surface area contributed by atoms with Gasteiger partial charge in [0, 0.05) is 24.0 Å². The van der Waals surface area contributed by atoms with Gasteiger partial charge in [0.25, 0.3) is 0 Å². The van der Waals surface area contributed by atoms with Crippen molar-refractivity contribution in [3.63, 3.8) is 0 Å². The molecule has 0 aliphatic carbocycles. The summed E-state index contributed by atoms with van der Waals surface area (Å²) in [6.45, 7) is -0.306. The quantitative estimate of drug-likeness (QED) is 0.877. The van der Waals surface area contributed by atoms with Gasteiger partial charge < -0.3 is 10.0 Å². The van der Waals surface area contributed by atoms with E-state index in [1.54, 1.807) is 12.1 Å². The van der Waals surface area contributed by atoms with Crippen molar-refractivity contribution in [1.82, 2.24) is 0 Å². The lowest BCUT2D eigenvalue weighted by molar-refractivity contribution is 0.276. The molecule has 0 saturated heterocycles. The number of nitrogens with zero attached hydrogens (tertiary/aromatic N) is 1. The molecule has 0 amide bonds. The van der Waals surface area contributed by atoms with Crippen LogP contribution in [-0.2, 0) is 6.61 Å². The standard InChI is InChI=1S/C14H14FNO/c1-16(11-6-3-2-4-7-11)14-9-5-8-13(15)12(14)10-17/h2-9,17H,10H2,1H3. The Hall–Kier alpha value is -1.87. The Labute approximate surface area is 99.9 Å². The topological polar surface area (TPSA) is 23.5 Å². The third-order valence-corrected chi connectivity index (χ3v) is 2.76. The molecular formula is C14H14FNO. The second-order valence-electron chi connectivity index (χ2n) is 3.79. The minimum Gasteiger partial charge on any atom is -0.391 e. The first kappa shape index (κ1) is 11.6. The van der Waals surface area contributed by atoms with Gasteiger partial charge in [-0.25, -0.2) is 4.39 Å². The van der Waals surface area contributed by atoms with Gasteiger partial charge in [0.1, 0.15) is 5.82 Å². The van der Waals surface area contributed by atoms with Crippen molar-refractivity contribution >= 4 is 11.4 Å². The van der Waals surface area contributed by atoms with Crippen LogP contribution in [0.4, 0.5) is 15.8 Å². The molecule has 0 saturated carbocycles. The number of anilines is 2. The highest BCUT2D eigenvalue weighted by atomic mass is 19.1. The first-order chi connectivity index (χ1) is 8.24. The van der Waals surface area contributed by atoms with Crippen molar-refractivity contribution in [2.45, 2.75) is 6.61 Å². The van der Waals surface area contributed by atoms with Crippen LogP contribution >= 0.6 is 0 Å². The summed E-state index contributed by atoms with van der Waals surface area (Å²) in [5.41, 5.74) is 1.95. The van der Waals surface area contributed by atoms with Crippen molar-refractivity contribution in [3.05, 3.63) is 59.9 Å². The molecule has 2 rings (SSSR count). The number of benzene rings is 2. The van der Waals surface area contributed by atoms with Crippen LogP contribution in [0.2, 0.25) is 0 Å². The smallest absolute Gasteiger partial charge is 0.130 e. The zero-order valence-electron chi connectivity index (χ0n) is 9.60. The lowest BCUT2D eigenvalue weighted by atomic mass is 10.1. The maximum atomic E-state index is 13.5. The average Bonchev–Trinajstić information content (AvgIpc) is 2.38. The van der Waals surface area contributed by atoms with Crippen LogP contribution in [0.25, 0.3) is 0 Å². The minimum absolute atomic E-state index is 0.306. The molecule has 0 spiro atoms. The van der Waals surface area contributed by atoms with Gasteiger partial charge in [-0.15, -0.1) is 0 Å². The first-order valence-corrected chi connectivity index (χ1v) is 5.41. The zero-order chi connectivity index (χ0) is 12.3. The Morgan fingerprint density at radius 1 is 1.06 bits per heavy atom. The predicted octanol–water partition coefficient (Wildman–Crippen LogP) is 3.09. The summed E-state index contributed by atoms with van der Waals surface area (Å²) in [5, 5.41) is 9.23. The van der Waals surface area contributed by atoms with Crippen molar-refractivity contribution in [1.29, 1.82) is 0 Å². The number of rotatable bonds is 3. The maximum absolute atomic E-state index is 13.5. The number of aliphatic hydroxyl groups excluding tert-OH is 1. The van der Waals surface area contributed by atoms with Crippen LogP contribution in [0.3, 0.4) is 0 Å². The normalized spacial score (nSPS) is 10.3. The molecule has 0 atom stereocenters. The summed E-state index contributed by atoms with van der Waals surface area (Å²) in [6, 6.07) is 14.4. The van der Waals surface area contributed by atoms with Gasteiger partial charge in [-0.05, 0) is 24.3 Å². The van der Waals surface area contributed by atoms with Crippen LogP contribution < -0.4 is 4.90 Å². The number of aliphatic hydroxyl groups is 1. The fraction of sp³-hybridized carbons (Fsp3) is 0.143. The zero-order valence-corrected chi connectivity index (χ0v) is 9.60. The van der Waals surface area contributed by atoms with Gasteiger partial charge in [-0.1, -0.05) is 24.3 Å². The Bertz CT molecular complexity index is 499. The van der Waals surface area contributed by atoms with Gasteiger partial charge in [0.15, 0.2) is 0 Å². The van der Waals surface area contributed by atoms with Gasteiger partial charge in [-0.2, -0.15) is 0 Å². The number of hydrogen-bond acceptors (Lipinski definition) is 2. The Morgan fingerprint density at radius 3 is 2.41 bits per heavy atom. The van der Waals surface area contributed by atoms with E-state index in [0.717, 1.165) is 5.69 Å². The van der Waals surface area contributed by atoms with Crippen LogP contribution in [0.5, 0.6) is 0 Å². The van der Waals surface area contributed by atoms with Crippen molar-refractivity contribution in [2.24, 2.45) is 0 Å². The molecule has 0 aliphatic rings. The van der Waals surface area contributed by atoms with E-state index in [1.165, 1.54) is 6.07 Å². The van der Waals surface area contributed by atoms with E-state index in [-0.39, 0.29) is 12.4 Å². The van der Waals surface area contributed by atoms with Gasteiger partial charge >= 0.3 is 0 Å². The number of hydrogen-bond donors (Lipinski definition) is 1. The van der Waals surface area contributed by atoms with Crippen molar-refractivity contribution in [2.75, 3.05) is 11.9 Å². The second kappa shape index (κ2) is 4.97. The minimum atomic E-state index is -0.382. The number of para-hydroxylation sites is 1. The van der Waals surface area contributed by atoms with E-state index < -0.39 is 0 Å². The Balaban J connectivity index is 2.44. The monoisotopic (exact) mass is 231 g/mol. The van der Waals surface area contributed by atoms with E-state index in [2.05, 4.69) is 0 Å². The van der Waals surface area contributed by atoms with E-state index >= 15 is 0 Å². The SMILES string of the molecule is CN(c1ccccc1)c1cccc(F)c1CO. The fourth-order valence-corrected chi connectivity index (χ4v) is 1.81. The molecule has 2 aromatic rings. The molecule has 3 heteroatoms. The molecule has 88 valence electrons. The van der Waals surface area contributed by atoms with Crippen LogP contribution in [0.15, 0.2) is 48.5 Å². The first-order valence-electron chi connectivity index (χ1n) is 5.41. The van der Waals surface area contributed by atoms with E-state index in [0.29, 0.717) is 11.3 Å². The molecule has 0 aromatic heterocycles. The lowest BCUT2D eigenvalue weighted by Gasteiger charge is -2.22. The van der Waals surface area contributed by atoms with Crippen molar-refractivity contribution < 1.29 is 9.50 Å². The third-order valence-electron chi connectivity index (χ3n) is 2.76. The highest BCUT2D eigenvalue weighted by molar-refractivity contribution is 5.65. The summed E-state index contributed by atoms with van der Waals surface area (Å²) >= 11 is 0. The third kappa shape index (κ3) is 2.29. The summed E-state index contributed by atoms with van der Waals surface area (Å²) in [5.74, 6) is -0.382. The molecule has 0 bridgehead atoms. The average molecular weight is 231 g/mol. The molecule has 0 fully saturated rings. The van der Waals surface area contributed by atoms with Crippen LogP contribution in [0.1, 0.15) is 5.56 Å². The van der Waals surface area contributed by atoms with E-state index in [9.17, 15) is 9.50 Å². The Morgan fingerprint density at radius 2 is 1.76 bits per heavy atom. The molecule has 0 radical (unpaired) electrons.